The van der Waals surface area contributed by atoms with Crippen molar-refractivity contribution in [1.82, 2.24) is 24.4 Å². The lowest BCUT2D eigenvalue weighted by Gasteiger charge is -2.47. The van der Waals surface area contributed by atoms with Crippen molar-refractivity contribution in [3.05, 3.63) is 36.4 Å². The monoisotopic (exact) mass is 688 g/mol. The van der Waals surface area contributed by atoms with Crippen LogP contribution in [0.1, 0.15) is 83.7 Å². The SMILES string of the molecule is CCOC(=O)C[C@@H]1CC12CC(N(CC1CCC1)C[C@H]1C[C@@H](n3cnc4c(NCc5ccc(OC)cc5OC)ncnc43)[C@@H]3OC(C)(C)O[C@H]13)C2. The predicted octanol–water partition coefficient (Wildman–Crippen LogP) is 5.76. The molecule has 0 amide bonds. The summed E-state index contributed by atoms with van der Waals surface area (Å²) >= 11 is 0. The maximum atomic E-state index is 12.2. The Morgan fingerprint density at radius 3 is 2.62 bits per heavy atom. The van der Waals surface area contributed by atoms with E-state index in [2.05, 4.69) is 19.8 Å². The molecule has 1 spiro atoms. The van der Waals surface area contributed by atoms with Crippen molar-refractivity contribution < 1.29 is 28.5 Å². The maximum absolute atomic E-state index is 12.2. The van der Waals surface area contributed by atoms with Crippen molar-refractivity contribution in [3.8, 4) is 11.5 Å². The van der Waals surface area contributed by atoms with Gasteiger partial charge in [0.15, 0.2) is 17.3 Å². The number of hydrogen-bond donors (Lipinski definition) is 1. The second-order valence-electron chi connectivity index (χ2n) is 15.8. The van der Waals surface area contributed by atoms with Gasteiger partial charge in [0.2, 0.25) is 0 Å². The van der Waals surface area contributed by atoms with Crippen LogP contribution >= 0.6 is 0 Å². The molecule has 4 aliphatic carbocycles. The zero-order valence-corrected chi connectivity index (χ0v) is 30.1. The third-order valence-corrected chi connectivity index (χ3v) is 12.3. The summed E-state index contributed by atoms with van der Waals surface area (Å²) in [7, 11) is 3.31. The molecule has 5 fully saturated rings. The Balaban J connectivity index is 0.990. The highest BCUT2D eigenvalue weighted by Gasteiger charge is 2.63. The Hall–Kier alpha value is -3.48. The van der Waals surface area contributed by atoms with E-state index >= 15 is 0 Å². The van der Waals surface area contributed by atoms with Crippen LogP contribution in [0.15, 0.2) is 30.9 Å². The molecule has 12 nitrogen and oxygen atoms in total. The number of fused-ring (bicyclic) bond motifs is 2. The van der Waals surface area contributed by atoms with E-state index in [9.17, 15) is 4.79 Å². The lowest BCUT2D eigenvalue weighted by molar-refractivity contribution is -0.161. The van der Waals surface area contributed by atoms with E-state index in [0.717, 1.165) is 53.7 Å². The molecule has 3 aromatic rings. The molecule has 5 aliphatic rings. The van der Waals surface area contributed by atoms with Gasteiger partial charge in [-0.1, -0.05) is 6.42 Å². The molecular weight excluding hydrogens is 636 g/mol. The van der Waals surface area contributed by atoms with E-state index in [0.29, 0.717) is 48.7 Å². The number of methoxy groups -OCH3 is 2. The average Bonchev–Trinajstić information content (AvgIpc) is 3.28. The number of nitrogens with one attached hydrogen (secondary N) is 1. The van der Waals surface area contributed by atoms with Gasteiger partial charge in [-0.3, -0.25) is 9.69 Å². The van der Waals surface area contributed by atoms with Crippen LogP contribution in [-0.4, -0.2) is 88.3 Å². The molecule has 5 atom stereocenters. The summed E-state index contributed by atoms with van der Waals surface area (Å²) in [6.07, 6.45) is 12.5. The molecule has 50 heavy (non-hydrogen) atoms. The fraction of sp³-hybridized carbons (Fsp3) is 0.684. The highest BCUT2D eigenvalue weighted by molar-refractivity contribution is 5.82. The van der Waals surface area contributed by atoms with Crippen molar-refractivity contribution in [2.75, 3.05) is 39.2 Å². The van der Waals surface area contributed by atoms with E-state index in [1.807, 2.05) is 45.3 Å². The number of imidazole rings is 1. The van der Waals surface area contributed by atoms with Crippen LogP contribution < -0.4 is 14.8 Å². The molecule has 1 N–H and O–H groups in total. The van der Waals surface area contributed by atoms with Gasteiger partial charge in [-0.25, -0.2) is 15.0 Å². The lowest BCUT2D eigenvalue weighted by Crippen LogP contribution is -2.51. The number of aromatic nitrogens is 4. The Kier molecular flexibility index (Phi) is 8.92. The summed E-state index contributed by atoms with van der Waals surface area (Å²) in [6.45, 7) is 9.07. The topological polar surface area (TPSA) is 122 Å². The number of anilines is 1. The van der Waals surface area contributed by atoms with Crippen LogP contribution in [0.2, 0.25) is 0 Å². The second-order valence-corrected chi connectivity index (χ2v) is 15.8. The van der Waals surface area contributed by atoms with Crippen molar-refractivity contribution in [2.45, 2.75) is 109 Å². The minimum Gasteiger partial charge on any atom is -0.497 e. The third kappa shape index (κ3) is 6.32. The summed E-state index contributed by atoms with van der Waals surface area (Å²) in [4.78, 5) is 29.1. The number of carbonyl (C=O) groups is 1. The van der Waals surface area contributed by atoms with Crippen LogP contribution in [0.5, 0.6) is 11.5 Å². The van der Waals surface area contributed by atoms with Crippen LogP contribution in [0, 0.1) is 23.2 Å². The standard InChI is InChI=1S/C38H52N6O6/c1-6-48-31(45)13-26-15-38(26)16-27(17-38)43(19-23-8-7-9-23)20-25-12-29(34-33(25)49-37(2,3)50-34)44-22-42-32-35(40-21-41-36(32)44)39-18-24-10-11-28(46-4)14-30(24)47-5/h10-11,14,21-23,25-27,29,33-34H,6-9,12-13,15-20H2,1-5H3,(H,39,40,41)/t25-,26-,27?,29-,33-,34+,38?/m1/s1. The predicted molar refractivity (Wildman–Crippen MR) is 187 cm³/mol. The van der Waals surface area contributed by atoms with Gasteiger partial charge in [-0.2, -0.15) is 0 Å². The first kappa shape index (κ1) is 33.7. The highest BCUT2D eigenvalue weighted by atomic mass is 16.8. The first-order valence-corrected chi connectivity index (χ1v) is 18.6. The second kappa shape index (κ2) is 13.2. The Morgan fingerprint density at radius 1 is 1.06 bits per heavy atom. The number of ether oxygens (including phenoxy) is 5. The number of benzene rings is 1. The fourth-order valence-electron chi connectivity index (χ4n) is 9.37. The molecule has 3 heterocycles. The van der Waals surface area contributed by atoms with Crippen molar-refractivity contribution in [2.24, 2.45) is 23.2 Å². The molecule has 0 bridgehead atoms. The fourth-order valence-corrected chi connectivity index (χ4v) is 9.37. The number of rotatable bonds is 14. The summed E-state index contributed by atoms with van der Waals surface area (Å²) in [5.74, 6) is 3.06. The third-order valence-electron chi connectivity index (χ3n) is 12.3. The van der Waals surface area contributed by atoms with Gasteiger partial charge < -0.3 is 33.6 Å². The summed E-state index contributed by atoms with van der Waals surface area (Å²) in [5, 5.41) is 3.46. The van der Waals surface area contributed by atoms with Crippen molar-refractivity contribution in [1.29, 1.82) is 0 Å². The summed E-state index contributed by atoms with van der Waals surface area (Å²) in [6, 6.07) is 6.40. The lowest BCUT2D eigenvalue weighted by atomic mass is 9.72. The molecule has 270 valence electrons. The Morgan fingerprint density at radius 2 is 1.88 bits per heavy atom. The molecule has 0 radical (unpaired) electrons. The number of carbonyl (C=O) groups excluding carboxylic acids is 1. The molecule has 1 saturated heterocycles. The molecule has 1 aliphatic heterocycles. The van der Waals surface area contributed by atoms with Gasteiger partial charge in [-0.05, 0) is 88.7 Å². The summed E-state index contributed by atoms with van der Waals surface area (Å²) < 4.78 is 31.8. The van der Waals surface area contributed by atoms with Gasteiger partial charge in [-0.15, -0.1) is 0 Å². The molecular formula is C38H52N6O6. The largest absolute Gasteiger partial charge is 0.497 e. The quantitative estimate of drug-likeness (QED) is 0.208. The zero-order valence-electron chi connectivity index (χ0n) is 30.1. The van der Waals surface area contributed by atoms with Crippen LogP contribution in [-0.2, 0) is 25.5 Å². The highest BCUT2D eigenvalue weighted by Crippen LogP contribution is 2.68. The Bertz CT molecular complexity index is 1700. The number of hydrogen-bond acceptors (Lipinski definition) is 11. The smallest absolute Gasteiger partial charge is 0.306 e. The molecule has 8 rings (SSSR count). The van der Waals surface area contributed by atoms with E-state index < -0.39 is 5.79 Å². The van der Waals surface area contributed by atoms with Crippen LogP contribution in [0.3, 0.4) is 0 Å². The molecule has 12 heteroatoms. The van der Waals surface area contributed by atoms with Gasteiger partial charge in [0.25, 0.3) is 0 Å². The minimum atomic E-state index is -0.657. The molecule has 1 aromatic carbocycles. The normalized spacial score (nSPS) is 31.0. The van der Waals surface area contributed by atoms with E-state index in [1.165, 1.54) is 38.5 Å². The maximum Gasteiger partial charge on any atom is 0.306 e. The van der Waals surface area contributed by atoms with E-state index in [-0.39, 0.29) is 24.2 Å². The van der Waals surface area contributed by atoms with Gasteiger partial charge in [0.1, 0.15) is 29.4 Å². The van der Waals surface area contributed by atoms with Crippen LogP contribution in [0.25, 0.3) is 11.2 Å². The Labute approximate surface area is 294 Å². The van der Waals surface area contributed by atoms with E-state index in [4.69, 9.17) is 33.7 Å². The van der Waals surface area contributed by atoms with Crippen LogP contribution in [0.4, 0.5) is 5.82 Å². The van der Waals surface area contributed by atoms with Crippen molar-refractivity contribution >= 4 is 23.0 Å². The number of nitrogens with zero attached hydrogens (tertiary/aromatic N) is 5. The average molecular weight is 689 g/mol. The molecule has 2 aromatic heterocycles. The van der Waals surface area contributed by atoms with Gasteiger partial charge in [0.05, 0.1) is 39.3 Å². The first-order chi connectivity index (χ1) is 24.2. The first-order valence-electron chi connectivity index (χ1n) is 18.6. The molecule has 4 saturated carbocycles. The summed E-state index contributed by atoms with van der Waals surface area (Å²) in [5.41, 5.74) is 2.85. The minimum absolute atomic E-state index is 0.00941. The van der Waals surface area contributed by atoms with Gasteiger partial charge >= 0.3 is 5.97 Å². The van der Waals surface area contributed by atoms with E-state index in [1.54, 1.807) is 20.5 Å². The zero-order chi connectivity index (χ0) is 34.6. The molecule has 0 unspecified atom stereocenters. The number of esters is 1. The van der Waals surface area contributed by atoms with Crippen molar-refractivity contribution in [3.63, 3.8) is 0 Å². The van der Waals surface area contributed by atoms with Gasteiger partial charge in [0, 0.05) is 49.6 Å².